The van der Waals surface area contributed by atoms with Crippen LogP contribution in [-0.2, 0) is 0 Å². The molecule has 4 rings (SSSR count). The largest absolute Gasteiger partial charge is 0.497 e. The highest BCUT2D eigenvalue weighted by Crippen LogP contribution is 2.13. The Morgan fingerprint density at radius 1 is 1.08 bits per heavy atom. The number of benzene rings is 2. The number of hydrogen-bond acceptors (Lipinski definition) is 5. The summed E-state index contributed by atoms with van der Waals surface area (Å²) >= 11 is 0. The molecule has 7 nitrogen and oxygen atoms in total. The van der Waals surface area contributed by atoms with E-state index >= 15 is 0 Å². The Morgan fingerprint density at radius 3 is 2.58 bits per heavy atom. The third-order valence-electron chi connectivity index (χ3n) is 3.92. The summed E-state index contributed by atoms with van der Waals surface area (Å²) in [5.74, 6) is 0.760. The van der Waals surface area contributed by atoms with Crippen molar-refractivity contribution in [2.45, 2.75) is 0 Å². The Balaban J connectivity index is 1.70. The SMILES string of the molecule is COc1ccc(/C=N\n2cnc3c(cnn3-c3ccccc3)c2=O)cc1. The molecule has 0 aliphatic carbocycles. The maximum Gasteiger partial charge on any atom is 0.285 e. The van der Waals surface area contributed by atoms with Gasteiger partial charge in [0.15, 0.2) is 5.65 Å². The van der Waals surface area contributed by atoms with Crippen LogP contribution in [0.5, 0.6) is 5.75 Å². The van der Waals surface area contributed by atoms with E-state index in [0.717, 1.165) is 17.0 Å². The molecule has 7 heteroatoms. The second-order valence-electron chi connectivity index (χ2n) is 5.54. The number of nitrogens with zero attached hydrogens (tertiary/aromatic N) is 5. The lowest BCUT2D eigenvalue weighted by atomic mass is 10.2. The molecule has 2 aromatic carbocycles. The van der Waals surface area contributed by atoms with Crippen molar-refractivity contribution in [1.82, 2.24) is 19.4 Å². The number of hydrogen-bond donors (Lipinski definition) is 0. The van der Waals surface area contributed by atoms with E-state index in [4.69, 9.17) is 4.74 Å². The molecule has 0 N–H and O–H groups in total. The van der Waals surface area contributed by atoms with Crippen molar-refractivity contribution in [3.8, 4) is 11.4 Å². The fourth-order valence-corrected chi connectivity index (χ4v) is 2.56. The van der Waals surface area contributed by atoms with Crippen LogP contribution in [0.3, 0.4) is 0 Å². The Kier molecular flexibility index (Phi) is 4.03. The van der Waals surface area contributed by atoms with Crippen molar-refractivity contribution in [3.63, 3.8) is 0 Å². The first kappa shape index (κ1) is 15.8. The molecule has 0 aliphatic rings. The topological polar surface area (TPSA) is 74.3 Å². The number of aromatic nitrogens is 4. The van der Waals surface area contributed by atoms with Gasteiger partial charge in [-0.15, -0.1) is 0 Å². The minimum Gasteiger partial charge on any atom is -0.497 e. The van der Waals surface area contributed by atoms with Crippen LogP contribution in [0.15, 0.2) is 77.0 Å². The Bertz CT molecular complexity index is 1130. The van der Waals surface area contributed by atoms with Gasteiger partial charge in [0.1, 0.15) is 17.5 Å². The van der Waals surface area contributed by atoms with Crippen molar-refractivity contribution in [3.05, 3.63) is 83.0 Å². The van der Waals surface area contributed by atoms with Gasteiger partial charge in [0.2, 0.25) is 0 Å². The van der Waals surface area contributed by atoms with E-state index in [1.807, 2.05) is 54.6 Å². The fourth-order valence-electron chi connectivity index (χ4n) is 2.56. The van der Waals surface area contributed by atoms with E-state index in [1.165, 1.54) is 17.2 Å². The highest BCUT2D eigenvalue weighted by molar-refractivity contribution is 5.80. The van der Waals surface area contributed by atoms with Crippen molar-refractivity contribution >= 4 is 17.2 Å². The molecule has 0 aliphatic heterocycles. The normalized spacial score (nSPS) is 11.3. The molecule has 0 saturated heterocycles. The summed E-state index contributed by atoms with van der Waals surface area (Å²) in [4.78, 5) is 17.0. The molecule has 0 radical (unpaired) electrons. The summed E-state index contributed by atoms with van der Waals surface area (Å²) in [6, 6.07) is 16.9. The number of rotatable bonds is 4. The van der Waals surface area contributed by atoms with Gasteiger partial charge in [-0.1, -0.05) is 18.2 Å². The highest BCUT2D eigenvalue weighted by Gasteiger charge is 2.10. The first-order valence-corrected chi connectivity index (χ1v) is 7.95. The first-order chi connectivity index (χ1) is 12.8. The van der Waals surface area contributed by atoms with Gasteiger partial charge >= 0.3 is 0 Å². The molecule has 0 bridgehead atoms. The molecule has 4 aromatic rings. The van der Waals surface area contributed by atoms with Crippen molar-refractivity contribution < 1.29 is 4.74 Å². The maximum absolute atomic E-state index is 12.6. The fraction of sp³-hybridized carbons (Fsp3) is 0.0526. The molecule has 2 aromatic heterocycles. The van der Waals surface area contributed by atoms with Crippen molar-refractivity contribution in [1.29, 1.82) is 0 Å². The second kappa shape index (κ2) is 6.64. The predicted octanol–water partition coefficient (Wildman–Crippen LogP) is 2.47. The molecule has 0 atom stereocenters. The molecule has 0 spiro atoms. The van der Waals surface area contributed by atoms with Crippen LogP contribution in [0.25, 0.3) is 16.7 Å². The lowest BCUT2D eigenvalue weighted by Gasteiger charge is -2.03. The average molecular weight is 345 g/mol. The van der Waals surface area contributed by atoms with Gasteiger partial charge in [-0.25, -0.2) is 9.67 Å². The van der Waals surface area contributed by atoms with Crippen LogP contribution in [0, 0.1) is 0 Å². The predicted molar refractivity (Wildman–Crippen MR) is 99.1 cm³/mol. The van der Waals surface area contributed by atoms with E-state index in [9.17, 15) is 4.79 Å². The summed E-state index contributed by atoms with van der Waals surface area (Å²) in [5, 5.41) is 8.89. The molecule has 128 valence electrons. The lowest BCUT2D eigenvalue weighted by Crippen LogP contribution is -2.17. The third-order valence-corrected chi connectivity index (χ3v) is 3.92. The molecular weight excluding hydrogens is 330 g/mol. The molecule has 0 fully saturated rings. The van der Waals surface area contributed by atoms with E-state index in [1.54, 1.807) is 18.0 Å². The zero-order chi connectivity index (χ0) is 17.9. The zero-order valence-electron chi connectivity index (χ0n) is 14.0. The number of methoxy groups -OCH3 is 1. The van der Waals surface area contributed by atoms with Gasteiger partial charge in [-0.3, -0.25) is 4.79 Å². The Labute approximate surface area is 148 Å². The van der Waals surface area contributed by atoms with Gasteiger partial charge in [0.25, 0.3) is 5.56 Å². The third kappa shape index (κ3) is 2.86. The maximum atomic E-state index is 12.6. The molecule has 0 saturated carbocycles. The van der Waals surface area contributed by atoms with Gasteiger partial charge in [-0.2, -0.15) is 14.9 Å². The standard InChI is InChI=1S/C19H15N5O2/c1-26-16-9-7-14(8-10-16)11-21-23-13-20-18-17(19(23)25)12-22-24(18)15-5-3-2-4-6-15/h2-13H,1H3/b21-11-. The molecule has 2 heterocycles. The van der Waals surface area contributed by atoms with Gasteiger partial charge in [-0.05, 0) is 42.0 Å². The van der Waals surface area contributed by atoms with E-state index < -0.39 is 0 Å². The minimum absolute atomic E-state index is 0.276. The van der Waals surface area contributed by atoms with Crippen LogP contribution in [0.2, 0.25) is 0 Å². The Morgan fingerprint density at radius 2 is 1.85 bits per heavy atom. The van der Waals surface area contributed by atoms with Gasteiger partial charge < -0.3 is 4.74 Å². The van der Waals surface area contributed by atoms with Crippen LogP contribution in [0.4, 0.5) is 0 Å². The molecular formula is C19H15N5O2. The monoisotopic (exact) mass is 345 g/mol. The number of fused-ring (bicyclic) bond motifs is 1. The second-order valence-corrected chi connectivity index (χ2v) is 5.54. The lowest BCUT2D eigenvalue weighted by molar-refractivity contribution is 0.415. The Hall–Kier alpha value is -3.74. The number of ether oxygens (including phenoxy) is 1. The summed E-state index contributed by atoms with van der Waals surface area (Å²) in [5.41, 5.74) is 1.91. The summed E-state index contributed by atoms with van der Waals surface area (Å²) in [6.45, 7) is 0. The van der Waals surface area contributed by atoms with Crippen LogP contribution in [-0.4, -0.2) is 32.8 Å². The van der Waals surface area contributed by atoms with Crippen LogP contribution < -0.4 is 10.3 Å². The van der Waals surface area contributed by atoms with E-state index in [-0.39, 0.29) is 5.56 Å². The summed E-state index contributed by atoms with van der Waals surface area (Å²) in [6.07, 6.45) is 4.50. The van der Waals surface area contributed by atoms with Gasteiger partial charge in [0, 0.05) is 0 Å². The van der Waals surface area contributed by atoms with E-state index in [0.29, 0.717) is 11.0 Å². The minimum atomic E-state index is -0.276. The zero-order valence-corrected chi connectivity index (χ0v) is 14.0. The summed E-state index contributed by atoms with van der Waals surface area (Å²) in [7, 11) is 1.61. The molecule has 26 heavy (non-hydrogen) atoms. The number of para-hydroxylation sites is 1. The molecule has 0 unspecified atom stereocenters. The van der Waals surface area contributed by atoms with Crippen LogP contribution >= 0.6 is 0 Å². The quantitative estimate of drug-likeness (QED) is 0.533. The van der Waals surface area contributed by atoms with E-state index in [2.05, 4.69) is 15.2 Å². The highest BCUT2D eigenvalue weighted by atomic mass is 16.5. The van der Waals surface area contributed by atoms with Gasteiger partial charge in [0.05, 0.1) is 25.2 Å². The smallest absolute Gasteiger partial charge is 0.285 e. The molecule has 0 amide bonds. The summed E-state index contributed by atoms with van der Waals surface area (Å²) < 4.78 is 7.95. The van der Waals surface area contributed by atoms with Crippen molar-refractivity contribution in [2.24, 2.45) is 5.10 Å². The van der Waals surface area contributed by atoms with Crippen molar-refractivity contribution in [2.75, 3.05) is 7.11 Å². The van der Waals surface area contributed by atoms with Crippen LogP contribution in [0.1, 0.15) is 5.56 Å². The first-order valence-electron chi connectivity index (χ1n) is 7.95. The average Bonchev–Trinajstić information content (AvgIpc) is 3.13.